The summed E-state index contributed by atoms with van der Waals surface area (Å²) in [7, 11) is -5.08. The van der Waals surface area contributed by atoms with E-state index in [-0.39, 0.29) is 47.9 Å². The average Bonchev–Trinajstić information content (AvgIpc) is 3.15. The SMILES string of the molecule is CC[C@@]1(O)C(=O)OCc2c1cc1n(c2=O)Cc2cc3c(NC(C)C)c(OP(=O)(O)O)c(F)cc3nc2-1. The molecule has 4 N–H and O–H groups in total. The Morgan fingerprint density at radius 1 is 1.31 bits per heavy atom. The van der Waals surface area contributed by atoms with Crippen molar-refractivity contribution in [2.24, 2.45) is 0 Å². The Kier molecular flexibility index (Phi) is 5.49. The van der Waals surface area contributed by atoms with Crippen molar-refractivity contribution in [3.05, 3.63) is 51.1 Å². The number of rotatable bonds is 5. The van der Waals surface area contributed by atoms with Crippen LogP contribution >= 0.6 is 7.82 Å². The number of phosphoric acid groups is 1. The molecule has 3 aromatic rings. The van der Waals surface area contributed by atoms with E-state index >= 15 is 4.39 Å². The predicted octanol–water partition coefficient (Wildman–Crippen LogP) is 2.51. The van der Waals surface area contributed by atoms with Gasteiger partial charge in [0.15, 0.2) is 17.2 Å². The molecule has 0 saturated carbocycles. The van der Waals surface area contributed by atoms with E-state index in [1.807, 2.05) is 0 Å². The van der Waals surface area contributed by atoms with Crippen LogP contribution < -0.4 is 15.4 Å². The normalized spacial score (nSPS) is 18.6. The summed E-state index contributed by atoms with van der Waals surface area (Å²) >= 11 is 0. The number of cyclic esters (lactones) is 1. The lowest BCUT2D eigenvalue weighted by molar-refractivity contribution is -0.172. The van der Waals surface area contributed by atoms with E-state index in [0.717, 1.165) is 6.07 Å². The number of carbonyl (C=O) groups excluding carboxylic acids is 1. The zero-order valence-corrected chi connectivity index (χ0v) is 20.4. The number of hydrogen-bond acceptors (Lipinski definition) is 8. The second-order valence-corrected chi connectivity index (χ2v) is 10.3. The highest BCUT2D eigenvalue weighted by Crippen LogP contribution is 2.47. The molecule has 11 nitrogen and oxygen atoms in total. The van der Waals surface area contributed by atoms with Crippen molar-refractivity contribution in [3.63, 3.8) is 0 Å². The van der Waals surface area contributed by atoms with Gasteiger partial charge in [-0.05, 0) is 32.4 Å². The number of halogens is 1. The topological polar surface area (TPSA) is 160 Å². The molecule has 1 aromatic carbocycles. The number of pyridine rings is 2. The Morgan fingerprint density at radius 2 is 2.03 bits per heavy atom. The minimum absolute atomic E-state index is 0.00246. The van der Waals surface area contributed by atoms with Gasteiger partial charge in [-0.3, -0.25) is 14.6 Å². The van der Waals surface area contributed by atoms with Gasteiger partial charge in [-0.25, -0.2) is 18.7 Å². The minimum atomic E-state index is -5.08. The van der Waals surface area contributed by atoms with Crippen LogP contribution in [0.5, 0.6) is 5.75 Å². The van der Waals surface area contributed by atoms with Crippen molar-refractivity contribution in [2.75, 3.05) is 5.32 Å². The molecular weight excluding hydrogens is 496 g/mol. The lowest BCUT2D eigenvalue weighted by Gasteiger charge is -2.31. The lowest BCUT2D eigenvalue weighted by Crippen LogP contribution is -2.44. The Labute approximate surface area is 203 Å². The third-order valence-electron chi connectivity index (χ3n) is 6.36. The first-order chi connectivity index (χ1) is 16.8. The number of carbonyl (C=O) groups is 1. The predicted molar refractivity (Wildman–Crippen MR) is 126 cm³/mol. The number of ether oxygens (including phenoxy) is 1. The van der Waals surface area contributed by atoms with Crippen LogP contribution in [0.25, 0.3) is 22.3 Å². The zero-order valence-electron chi connectivity index (χ0n) is 19.5. The van der Waals surface area contributed by atoms with E-state index in [9.17, 15) is 29.0 Å². The number of aromatic nitrogens is 2. The fourth-order valence-corrected chi connectivity index (χ4v) is 5.13. The molecular formula is C23H23FN3O8P. The first kappa shape index (κ1) is 24.4. The molecule has 0 fully saturated rings. The summed E-state index contributed by atoms with van der Waals surface area (Å²) in [4.78, 5) is 48.8. The Balaban J connectivity index is 1.76. The summed E-state index contributed by atoms with van der Waals surface area (Å²) in [5.74, 6) is -2.51. The molecule has 4 heterocycles. The average molecular weight is 519 g/mol. The molecule has 0 unspecified atom stereocenters. The van der Waals surface area contributed by atoms with E-state index in [1.165, 1.54) is 4.57 Å². The zero-order chi connectivity index (χ0) is 26.2. The van der Waals surface area contributed by atoms with E-state index in [2.05, 4.69) is 14.8 Å². The van der Waals surface area contributed by atoms with Crippen molar-refractivity contribution in [3.8, 4) is 17.1 Å². The van der Waals surface area contributed by atoms with Crippen molar-refractivity contribution < 1.29 is 37.9 Å². The highest BCUT2D eigenvalue weighted by Gasteiger charge is 2.45. The van der Waals surface area contributed by atoms with Gasteiger partial charge in [0.05, 0.1) is 34.7 Å². The molecule has 190 valence electrons. The molecule has 0 amide bonds. The molecule has 13 heteroatoms. The van der Waals surface area contributed by atoms with E-state index in [1.54, 1.807) is 32.9 Å². The molecule has 0 spiro atoms. The van der Waals surface area contributed by atoms with Crippen LogP contribution in [0.1, 0.15) is 43.9 Å². The standard InChI is InChI=1S/C23H23FN3O8P/c1-4-23(30)14-6-17-18-11(8-27(17)21(28)13(14)9-34-22(23)29)5-12-16(26-18)7-15(24)20(35-36(31,32)33)19(12)25-10(2)3/h5-7,10,25,30H,4,8-9H2,1-3H3,(H2,31,32,33)/t23-/m0/s1. The highest BCUT2D eigenvalue weighted by molar-refractivity contribution is 7.46. The summed E-state index contributed by atoms with van der Waals surface area (Å²) in [6.07, 6.45) is -0.00246. The summed E-state index contributed by atoms with van der Waals surface area (Å²) in [5.41, 5.74) is -0.633. The Morgan fingerprint density at radius 3 is 2.67 bits per heavy atom. The molecule has 1 atom stereocenters. The van der Waals surface area contributed by atoms with Gasteiger partial charge in [0, 0.05) is 28.6 Å². The van der Waals surface area contributed by atoms with Crippen LogP contribution in [0.3, 0.4) is 0 Å². The fraction of sp³-hybridized carbons (Fsp3) is 0.348. The quantitative estimate of drug-likeness (QED) is 0.228. The lowest BCUT2D eigenvalue weighted by atomic mass is 9.86. The highest BCUT2D eigenvalue weighted by atomic mass is 31.2. The minimum Gasteiger partial charge on any atom is -0.458 e. The maximum absolute atomic E-state index is 15.0. The molecule has 36 heavy (non-hydrogen) atoms. The number of aliphatic hydroxyl groups is 1. The second kappa shape index (κ2) is 8.10. The molecule has 2 aromatic heterocycles. The van der Waals surface area contributed by atoms with Gasteiger partial charge >= 0.3 is 13.8 Å². The van der Waals surface area contributed by atoms with Crippen LogP contribution in [0.4, 0.5) is 10.1 Å². The van der Waals surface area contributed by atoms with Gasteiger partial charge in [-0.1, -0.05) is 6.92 Å². The van der Waals surface area contributed by atoms with Crippen molar-refractivity contribution >= 4 is 30.4 Å². The number of phosphoric ester groups is 1. The smallest absolute Gasteiger partial charge is 0.458 e. The number of anilines is 1. The van der Waals surface area contributed by atoms with Crippen LogP contribution in [0, 0.1) is 5.82 Å². The largest absolute Gasteiger partial charge is 0.524 e. The van der Waals surface area contributed by atoms with E-state index in [0.29, 0.717) is 22.3 Å². The van der Waals surface area contributed by atoms with E-state index < -0.39 is 36.5 Å². The number of hydrogen-bond donors (Lipinski definition) is 4. The number of nitrogens with zero attached hydrogens (tertiary/aromatic N) is 2. The summed E-state index contributed by atoms with van der Waals surface area (Å²) < 4.78 is 37.7. The maximum atomic E-state index is 15.0. The van der Waals surface area contributed by atoms with Gasteiger partial charge in [0.25, 0.3) is 5.56 Å². The van der Waals surface area contributed by atoms with Crippen LogP contribution in [-0.2, 0) is 32.8 Å². The van der Waals surface area contributed by atoms with Crippen LogP contribution in [-0.4, -0.2) is 36.5 Å². The molecule has 0 saturated heterocycles. The van der Waals surface area contributed by atoms with Gasteiger partial charge < -0.3 is 24.3 Å². The molecule has 2 aliphatic heterocycles. The van der Waals surface area contributed by atoms with Gasteiger partial charge in [-0.2, -0.15) is 0 Å². The fourth-order valence-electron chi connectivity index (χ4n) is 4.71. The van der Waals surface area contributed by atoms with E-state index in [4.69, 9.17) is 4.74 Å². The molecule has 0 bridgehead atoms. The number of fused-ring (bicyclic) bond motifs is 5. The monoisotopic (exact) mass is 519 g/mol. The Bertz CT molecular complexity index is 1560. The molecule has 0 aliphatic carbocycles. The van der Waals surface area contributed by atoms with Crippen molar-refractivity contribution in [2.45, 2.75) is 52.0 Å². The van der Waals surface area contributed by atoms with Gasteiger partial charge in [0.2, 0.25) is 0 Å². The molecule has 5 rings (SSSR count). The summed E-state index contributed by atoms with van der Waals surface area (Å²) in [5, 5.41) is 14.3. The Hall–Kier alpha value is -3.31. The third kappa shape index (κ3) is 3.68. The van der Waals surface area contributed by atoms with Crippen LogP contribution in [0.15, 0.2) is 23.0 Å². The first-order valence-electron chi connectivity index (χ1n) is 11.2. The second-order valence-electron chi connectivity index (χ2n) is 9.11. The number of esters is 1. The first-order valence-corrected chi connectivity index (χ1v) is 12.7. The summed E-state index contributed by atoms with van der Waals surface area (Å²) in [6, 6.07) is 3.93. The molecule has 2 aliphatic rings. The molecule has 0 radical (unpaired) electrons. The van der Waals surface area contributed by atoms with Crippen molar-refractivity contribution in [1.29, 1.82) is 0 Å². The van der Waals surface area contributed by atoms with Gasteiger partial charge in [0.1, 0.15) is 6.61 Å². The number of benzene rings is 1. The van der Waals surface area contributed by atoms with Crippen molar-refractivity contribution in [1.82, 2.24) is 9.55 Å². The number of nitrogens with one attached hydrogen (secondary N) is 1. The maximum Gasteiger partial charge on any atom is 0.524 e. The third-order valence-corrected chi connectivity index (χ3v) is 6.79. The van der Waals surface area contributed by atoms with Crippen LogP contribution in [0.2, 0.25) is 0 Å². The van der Waals surface area contributed by atoms with Gasteiger partial charge in [-0.15, -0.1) is 0 Å². The summed E-state index contributed by atoms with van der Waals surface area (Å²) in [6.45, 7) is 4.96.